The molecule has 0 saturated carbocycles. The molecule has 1 aliphatic rings. The van der Waals surface area contributed by atoms with E-state index >= 15 is 0 Å². The molecule has 0 spiro atoms. The highest BCUT2D eigenvalue weighted by Gasteiger charge is 2.38. The summed E-state index contributed by atoms with van der Waals surface area (Å²) in [5.41, 5.74) is -2.38. The van der Waals surface area contributed by atoms with E-state index in [2.05, 4.69) is 4.98 Å². The summed E-state index contributed by atoms with van der Waals surface area (Å²) in [4.78, 5) is 3.83. The van der Waals surface area contributed by atoms with Gasteiger partial charge in [-0.2, -0.15) is 31.6 Å². The molecule has 2 unspecified atom stereocenters. The fourth-order valence-corrected chi connectivity index (χ4v) is 3.05. The van der Waals surface area contributed by atoms with Crippen LogP contribution in [-0.2, 0) is 21.8 Å². The molecule has 1 aromatic heterocycles. The van der Waals surface area contributed by atoms with Crippen molar-refractivity contribution in [3.05, 3.63) is 64.5 Å². The SMILES string of the molecule is N#Cc1cc(C2CC(c3cc(C(F)(F)F)cc(C(F)(F)F)c3)OCCO2)ccn1. The van der Waals surface area contributed by atoms with Crippen molar-refractivity contribution in [3.8, 4) is 6.07 Å². The molecule has 0 aliphatic carbocycles. The molecule has 0 amide bonds. The van der Waals surface area contributed by atoms with Crippen LogP contribution in [0.2, 0.25) is 0 Å². The molecular weight excluding hydrogens is 402 g/mol. The second-order valence-electron chi connectivity index (χ2n) is 6.38. The molecule has 1 aliphatic heterocycles. The van der Waals surface area contributed by atoms with E-state index in [-0.39, 0.29) is 37.0 Å². The van der Waals surface area contributed by atoms with Crippen LogP contribution < -0.4 is 0 Å². The standard InChI is InChI=1S/C19H14F6N2O2/c20-18(21,22)13-5-12(6-14(8-13)19(23,24)25)17-9-16(28-3-4-29-17)11-1-2-27-15(7-11)10-26/h1-2,5-8,16-17H,3-4,9H2. The van der Waals surface area contributed by atoms with E-state index in [1.807, 2.05) is 6.07 Å². The topological polar surface area (TPSA) is 55.1 Å². The predicted octanol–water partition coefficient (Wildman–Crippen LogP) is 5.21. The number of hydrogen-bond acceptors (Lipinski definition) is 4. The van der Waals surface area contributed by atoms with Crippen molar-refractivity contribution in [3.63, 3.8) is 0 Å². The van der Waals surface area contributed by atoms with Gasteiger partial charge in [0.15, 0.2) is 0 Å². The lowest BCUT2D eigenvalue weighted by molar-refractivity contribution is -0.143. The molecule has 0 N–H and O–H groups in total. The number of halogens is 6. The van der Waals surface area contributed by atoms with Gasteiger partial charge in [-0.3, -0.25) is 0 Å². The molecule has 2 heterocycles. The normalized spacial score (nSPS) is 20.7. The maximum absolute atomic E-state index is 13.1. The van der Waals surface area contributed by atoms with Crippen molar-refractivity contribution in [2.24, 2.45) is 0 Å². The second kappa shape index (κ2) is 8.00. The number of hydrogen-bond donors (Lipinski definition) is 0. The number of aromatic nitrogens is 1. The Balaban J connectivity index is 1.98. The predicted molar refractivity (Wildman–Crippen MR) is 87.4 cm³/mol. The van der Waals surface area contributed by atoms with Crippen LogP contribution in [-0.4, -0.2) is 18.2 Å². The molecule has 2 atom stereocenters. The molecule has 154 valence electrons. The van der Waals surface area contributed by atoms with E-state index < -0.39 is 35.7 Å². The zero-order valence-electron chi connectivity index (χ0n) is 14.7. The Morgan fingerprint density at radius 1 is 0.862 bits per heavy atom. The van der Waals surface area contributed by atoms with Crippen molar-refractivity contribution in [2.45, 2.75) is 31.0 Å². The van der Waals surface area contributed by atoms with E-state index in [1.54, 1.807) is 6.07 Å². The van der Waals surface area contributed by atoms with Crippen LogP contribution in [0, 0.1) is 11.3 Å². The Labute approximate surface area is 161 Å². The Kier molecular flexibility index (Phi) is 5.82. The third-order valence-electron chi connectivity index (χ3n) is 4.40. The van der Waals surface area contributed by atoms with Gasteiger partial charge in [-0.15, -0.1) is 0 Å². The van der Waals surface area contributed by atoms with Gasteiger partial charge in [0.25, 0.3) is 0 Å². The summed E-state index contributed by atoms with van der Waals surface area (Å²) in [5, 5.41) is 8.97. The number of benzene rings is 1. The number of ether oxygens (including phenoxy) is 2. The molecule has 1 fully saturated rings. The van der Waals surface area contributed by atoms with E-state index in [9.17, 15) is 26.3 Å². The van der Waals surface area contributed by atoms with Gasteiger partial charge in [-0.1, -0.05) is 0 Å². The van der Waals surface area contributed by atoms with Crippen molar-refractivity contribution in [1.82, 2.24) is 4.98 Å². The average molecular weight is 416 g/mol. The summed E-state index contributed by atoms with van der Waals surface area (Å²) in [5.74, 6) is 0. The van der Waals surface area contributed by atoms with Crippen molar-refractivity contribution in [1.29, 1.82) is 5.26 Å². The number of nitrogens with zero attached hydrogens (tertiary/aromatic N) is 2. The minimum atomic E-state index is -4.94. The summed E-state index contributed by atoms with van der Waals surface area (Å²) in [6, 6.07) is 6.30. The minimum Gasteiger partial charge on any atom is -0.371 e. The first-order chi connectivity index (χ1) is 13.6. The van der Waals surface area contributed by atoms with Crippen LogP contribution in [0.15, 0.2) is 36.5 Å². The summed E-state index contributed by atoms with van der Waals surface area (Å²) in [6.45, 7) is 0.0887. The zero-order chi connectivity index (χ0) is 21.2. The van der Waals surface area contributed by atoms with Gasteiger partial charge in [0.05, 0.1) is 36.5 Å². The quantitative estimate of drug-likeness (QED) is 0.631. The van der Waals surface area contributed by atoms with E-state index in [4.69, 9.17) is 14.7 Å². The first-order valence-electron chi connectivity index (χ1n) is 8.46. The largest absolute Gasteiger partial charge is 0.416 e. The van der Waals surface area contributed by atoms with Crippen LogP contribution in [0.5, 0.6) is 0 Å². The van der Waals surface area contributed by atoms with Gasteiger partial charge < -0.3 is 9.47 Å². The van der Waals surface area contributed by atoms with E-state index in [1.165, 1.54) is 12.3 Å². The maximum Gasteiger partial charge on any atom is 0.416 e. The summed E-state index contributed by atoms with van der Waals surface area (Å²) >= 11 is 0. The van der Waals surface area contributed by atoms with Crippen molar-refractivity contribution < 1.29 is 35.8 Å². The van der Waals surface area contributed by atoms with Gasteiger partial charge in [0, 0.05) is 12.6 Å². The number of pyridine rings is 1. The van der Waals surface area contributed by atoms with E-state index in [0.717, 1.165) is 0 Å². The molecular formula is C19H14F6N2O2. The number of alkyl halides is 6. The summed E-state index contributed by atoms with van der Waals surface area (Å²) in [6.07, 6.45) is -10.3. The molecule has 1 saturated heterocycles. The molecule has 3 rings (SSSR count). The van der Waals surface area contributed by atoms with Crippen molar-refractivity contribution >= 4 is 0 Å². The maximum atomic E-state index is 13.1. The summed E-state index contributed by atoms with van der Waals surface area (Å²) in [7, 11) is 0. The highest BCUT2D eigenvalue weighted by molar-refractivity contribution is 5.35. The Morgan fingerprint density at radius 3 is 1.93 bits per heavy atom. The molecule has 2 aromatic rings. The van der Waals surface area contributed by atoms with Crippen LogP contribution in [0.4, 0.5) is 26.3 Å². The third-order valence-corrected chi connectivity index (χ3v) is 4.40. The lowest BCUT2D eigenvalue weighted by atomic mass is 9.95. The van der Waals surface area contributed by atoms with Crippen LogP contribution in [0.3, 0.4) is 0 Å². The lowest BCUT2D eigenvalue weighted by Gasteiger charge is -2.22. The monoisotopic (exact) mass is 416 g/mol. The van der Waals surface area contributed by atoms with Gasteiger partial charge >= 0.3 is 12.4 Å². The highest BCUT2D eigenvalue weighted by atomic mass is 19.4. The number of rotatable bonds is 2. The Hall–Kier alpha value is -2.64. The smallest absolute Gasteiger partial charge is 0.371 e. The fraction of sp³-hybridized carbons (Fsp3) is 0.368. The fourth-order valence-electron chi connectivity index (χ4n) is 3.05. The molecule has 0 bridgehead atoms. The van der Waals surface area contributed by atoms with Crippen molar-refractivity contribution in [2.75, 3.05) is 13.2 Å². The molecule has 0 radical (unpaired) electrons. The van der Waals surface area contributed by atoms with Gasteiger partial charge in [-0.25, -0.2) is 4.98 Å². The average Bonchev–Trinajstić information content (AvgIpc) is 2.93. The van der Waals surface area contributed by atoms with Gasteiger partial charge in [-0.05, 0) is 41.5 Å². The first kappa shape index (κ1) is 21.1. The zero-order valence-corrected chi connectivity index (χ0v) is 14.7. The van der Waals surface area contributed by atoms with Crippen LogP contribution in [0.25, 0.3) is 0 Å². The molecule has 29 heavy (non-hydrogen) atoms. The van der Waals surface area contributed by atoms with Crippen LogP contribution >= 0.6 is 0 Å². The molecule has 10 heteroatoms. The van der Waals surface area contributed by atoms with Gasteiger partial charge in [0.1, 0.15) is 11.8 Å². The van der Waals surface area contributed by atoms with E-state index in [0.29, 0.717) is 17.7 Å². The first-order valence-corrected chi connectivity index (χ1v) is 8.46. The Morgan fingerprint density at radius 2 is 1.41 bits per heavy atom. The number of nitriles is 1. The molecule has 4 nitrogen and oxygen atoms in total. The lowest BCUT2D eigenvalue weighted by Crippen LogP contribution is -2.14. The second-order valence-corrected chi connectivity index (χ2v) is 6.38. The Bertz CT molecular complexity index is 888. The van der Waals surface area contributed by atoms with Gasteiger partial charge in [0.2, 0.25) is 0 Å². The highest BCUT2D eigenvalue weighted by Crippen LogP contribution is 2.40. The third kappa shape index (κ3) is 5.05. The van der Waals surface area contributed by atoms with Crippen LogP contribution in [0.1, 0.15) is 46.6 Å². The summed E-state index contributed by atoms with van der Waals surface area (Å²) < 4.78 is 89.9. The molecule has 1 aromatic carbocycles. The minimum absolute atomic E-state index is 0.00501.